The fourth-order valence-electron chi connectivity index (χ4n) is 2.83. The number of alkyl halides is 6. The van der Waals surface area contributed by atoms with Crippen molar-refractivity contribution < 1.29 is 39.2 Å². The van der Waals surface area contributed by atoms with E-state index in [1.807, 2.05) is 4.72 Å². The first-order valence-corrected chi connectivity index (χ1v) is 10.8. The van der Waals surface area contributed by atoms with Crippen molar-refractivity contribution in [2.24, 2.45) is 0 Å². The van der Waals surface area contributed by atoms with Gasteiger partial charge in [-0.25, -0.2) is 22.2 Å². The molecule has 1 aromatic heterocycles. The van der Waals surface area contributed by atoms with Crippen LogP contribution < -0.4 is 10.3 Å². The number of nitrogens with zero attached hydrogens (tertiary/aromatic N) is 2. The number of benzene rings is 2. The third kappa shape index (κ3) is 5.99. The average molecular weight is 509 g/mol. The van der Waals surface area contributed by atoms with Gasteiger partial charge in [0.1, 0.15) is 5.82 Å². The highest BCUT2D eigenvalue weighted by molar-refractivity contribution is 7.89. The minimum atomic E-state index is -5.22. The summed E-state index contributed by atoms with van der Waals surface area (Å²) in [7, 11) is -4.81. The van der Waals surface area contributed by atoms with Crippen LogP contribution in [-0.4, -0.2) is 24.7 Å². The molecule has 0 saturated carbocycles. The van der Waals surface area contributed by atoms with E-state index in [2.05, 4.69) is 5.10 Å². The molecule has 2 aromatic carbocycles. The van der Waals surface area contributed by atoms with Crippen LogP contribution in [0.15, 0.2) is 64.3 Å². The van der Waals surface area contributed by atoms with Crippen molar-refractivity contribution in [2.45, 2.75) is 23.8 Å². The van der Waals surface area contributed by atoms with Crippen LogP contribution in [0.5, 0.6) is 0 Å². The maximum atomic E-state index is 13.1. The van der Waals surface area contributed by atoms with Gasteiger partial charge < -0.3 is 0 Å². The van der Waals surface area contributed by atoms with E-state index < -0.39 is 62.9 Å². The summed E-state index contributed by atoms with van der Waals surface area (Å²) >= 11 is 0. The topological polar surface area (TPSA) is 81.1 Å². The lowest BCUT2D eigenvalue weighted by atomic mass is 10.1. The lowest BCUT2D eigenvalue weighted by Crippen LogP contribution is -2.32. The SMILES string of the molecule is O=c1ccc(-c2ccc(F)cc2)nn1CCNS(=O)(=O)c1cc(C(F)(F)F)cc(C(F)(F)F)c1. The van der Waals surface area contributed by atoms with Crippen LogP contribution in [0.4, 0.5) is 30.7 Å². The first-order valence-electron chi connectivity index (χ1n) is 9.30. The minimum Gasteiger partial charge on any atom is -0.268 e. The molecule has 0 unspecified atom stereocenters. The summed E-state index contributed by atoms with van der Waals surface area (Å²) in [5, 5.41) is 4.01. The summed E-state index contributed by atoms with van der Waals surface area (Å²) in [6, 6.07) is 7.52. The third-order valence-corrected chi connectivity index (χ3v) is 5.93. The standard InChI is InChI=1S/C20H14F7N3O3S/c21-15-3-1-12(2-4-15)17-5-6-18(31)30(29-17)8-7-28-34(32,33)16-10-13(19(22,23)24)9-14(11-16)20(25,26)27/h1-6,9-11,28H,7-8H2. The molecule has 0 spiro atoms. The molecule has 34 heavy (non-hydrogen) atoms. The van der Waals surface area contributed by atoms with Gasteiger partial charge in [-0.1, -0.05) is 0 Å². The van der Waals surface area contributed by atoms with Crippen LogP contribution in [0, 0.1) is 5.82 Å². The van der Waals surface area contributed by atoms with E-state index in [0.717, 1.165) is 22.9 Å². The molecule has 0 radical (unpaired) electrons. The molecule has 0 fully saturated rings. The second kappa shape index (κ2) is 9.18. The number of nitrogens with one attached hydrogen (secondary N) is 1. The summed E-state index contributed by atoms with van der Waals surface area (Å²) in [6.07, 6.45) is -10.4. The average Bonchev–Trinajstić information content (AvgIpc) is 2.74. The zero-order valence-corrected chi connectivity index (χ0v) is 17.6. The number of halogens is 7. The summed E-state index contributed by atoms with van der Waals surface area (Å²) in [5.41, 5.74) is -3.53. The van der Waals surface area contributed by atoms with Gasteiger partial charge in [0.25, 0.3) is 5.56 Å². The first kappa shape index (κ1) is 25.4. The molecule has 14 heteroatoms. The van der Waals surface area contributed by atoms with Gasteiger partial charge in [-0.3, -0.25) is 4.79 Å². The largest absolute Gasteiger partial charge is 0.416 e. The molecule has 0 aliphatic heterocycles. The molecule has 0 saturated heterocycles. The lowest BCUT2D eigenvalue weighted by Gasteiger charge is -2.15. The number of aromatic nitrogens is 2. The molecule has 182 valence electrons. The van der Waals surface area contributed by atoms with E-state index in [9.17, 15) is 43.9 Å². The highest BCUT2D eigenvalue weighted by Crippen LogP contribution is 2.37. The third-order valence-electron chi connectivity index (χ3n) is 4.49. The van der Waals surface area contributed by atoms with Gasteiger partial charge >= 0.3 is 12.4 Å². The molecule has 1 heterocycles. The number of hydrogen-bond donors (Lipinski definition) is 1. The Bertz CT molecular complexity index is 1320. The molecule has 1 N–H and O–H groups in total. The van der Waals surface area contributed by atoms with Gasteiger partial charge in [0.05, 0.1) is 28.3 Å². The summed E-state index contributed by atoms with van der Waals surface area (Å²) in [5.74, 6) is -0.505. The van der Waals surface area contributed by atoms with Crippen LogP contribution >= 0.6 is 0 Å². The highest BCUT2D eigenvalue weighted by Gasteiger charge is 2.38. The molecule has 6 nitrogen and oxygen atoms in total. The zero-order chi connectivity index (χ0) is 25.3. The molecule has 3 aromatic rings. The molecule has 3 rings (SSSR count). The maximum absolute atomic E-state index is 13.1. The second-order valence-corrected chi connectivity index (χ2v) is 8.69. The summed E-state index contributed by atoms with van der Waals surface area (Å²) in [6.45, 7) is -0.960. The van der Waals surface area contributed by atoms with Gasteiger partial charge in [0.2, 0.25) is 10.0 Å². The Morgan fingerprint density at radius 2 is 1.41 bits per heavy atom. The number of rotatable bonds is 6. The smallest absolute Gasteiger partial charge is 0.268 e. The van der Waals surface area contributed by atoms with E-state index >= 15 is 0 Å². The van der Waals surface area contributed by atoms with Crippen molar-refractivity contribution in [3.05, 3.63) is 81.9 Å². The molecular formula is C20H14F7N3O3S. The van der Waals surface area contributed by atoms with Crippen LogP contribution in [0.25, 0.3) is 11.3 Å². The van der Waals surface area contributed by atoms with Gasteiger partial charge in [-0.05, 0) is 48.5 Å². The lowest BCUT2D eigenvalue weighted by molar-refractivity contribution is -0.143. The molecule has 0 bridgehead atoms. The van der Waals surface area contributed by atoms with Gasteiger partial charge in [-0.15, -0.1) is 0 Å². The fourth-order valence-corrected chi connectivity index (χ4v) is 3.93. The fraction of sp³-hybridized carbons (Fsp3) is 0.200. The Hall–Kier alpha value is -3.26. The van der Waals surface area contributed by atoms with Crippen molar-refractivity contribution in [1.82, 2.24) is 14.5 Å². The van der Waals surface area contributed by atoms with E-state index in [4.69, 9.17) is 0 Å². The van der Waals surface area contributed by atoms with Gasteiger partial charge in [0, 0.05) is 18.2 Å². The predicted octanol–water partition coefficient (Wildman–Crippen LogP) is 4.07. The maximum Gasteiger partial charge on any atom is 0.416 e. The van der Waals surface area contributed by atoms with E-state index in [-0.39, 0.29) is 23.9 Å². The second-order valence-electron chi connectivity index (χ2n) is 6.93. The van der Waals surface area contributed by atoms with Crippen LogP contribution in [0.2, 0.25) is 0 Å². The Morgan fingerprint density at radius 3 is 1.94 bits per heavy atom. The minimum absolute atomic E-state index is 0.0805. The van der Waals surface area contributed by atoms with Crippen LogP contribution in [0.1, 0.15) is 11.1 Å². The molecule has 0 aliphatic rings. The summed E-state index contributed by atoms with van der Waals surface area (Å²) in [4.78, 5) is 10.8. The highest BCUT2D eigenvalue weighted by atomic mass is 32.2. The van der Waals surface area contributed by atoms with Crippen molar-refractivity contribution in [3.8, 4) is 11.3 Å². The van der Waals surface area contributed by atoms with Crippen molar-refractivity contribution in [2.75, 3.05) is 6.54 Å². The van der Waals surface area contributed by atoms with Crippen molar-refractivity contribution in [3.63, 3.8) is 0 Å². The van der Waals surface area contributed by atoms with Crippen LogP contribution in [-0.2, 0) is 28.9 Å². The van der Waals surface area contributed by atoms with Crippen LogP contribution in [0.3, 0.4) is 0 Å². The quantitative estimate of drug-likeness (QED) is 0.509. The number of sulfonamides is 1. The first-order chi connectivity index (χ1) is 15.7. The Labute approximate surface area is 187 Å². The van der Waals surface area contributed by atoms with Gasteiger partial charge in [-0.2, -0.15) is 31.4 Å². The Morgan fingerprint density at radius 1 is 0.853 bits per heavy atom. The molecular weight excluding hydrogens is 495 g/mol. The van der Waals surface area contributed by atoms with E-state index in [1.165, 1.54) is 18.2 Å². The molecule has 0 atom stereocenters. The van der Waals surface area contributed by atoms with Gasteiger partial charge in [0.15, 0.2) is 0 Å². The normalized spacial score (nSPS) is 12.7. The number of hydrogen-bond acceptors (Lipinski definition) is 4. The Balaban J connectivity index is 1.83. The predicted molar refractivity (Wildman–Crippen MR) is 106 cm³/mol. The molecule has 0 amide bonds. The Kier molecular flexibility index (Phi) is 6.85. The van der Waals surface area contributed by atoms with Crippen molar-refractivity contribution >= 4 is 10.0 Å². The molecule has 0 aliphatic carbocycles. The van der Waals surface area contributed by atoms with Crippen molar-refractivity contribution in [1.29, 1.82) is 0 Å². The van der Waals surface area contributed by atoms with E-state index in [0.29, 0.717) is 5.56 Å². The van der Waals surface area contributed by atoms with E-state index in [1.54, 1.807) is 0 Å². The summed E-state index contributed by atoms with van der Waals surface area (Å²) < 4.78 is 119. The monoisotopic (exact) mass is 509 g/mol. The zero-order valence-electron chi connectivity index (χ0n) is 16.8.